The predicted octanol–water partition coefficient (Wildman–Crippen LogP) is 1.91. The highest BCUT2D eigenvalue weighted by Crippen LogP contribution is 2.34. The Bertz CT molecular complexity index is 618. The standard InChI is InChI=1S/C13H16N4O2.C2H6/c1-19-12-5-10-9(4-11(12)18)13(16-7-15-10)17-3-2-8(14)6-17;1-2/h4-5,7-8,18H,2-3,6,14H2,1H3;1-2H3. The van der Waals surface area contributed by atoms with Crippen molar-refractivity contribution >= 4 is 16.7 Å². The lowest BCUT2D eigenvalue weighted by molar-refractivity contribution is 0.374. The summed E-state index contributed by atoms with van der Waals surface area (Å²) < 4.78 is 5.09. The maximum Gasteiger partial charge on any atom is 0.162 e. The lowest BCUT2D eigenvalue weighted by Crippen LogP contribution is -2.27. The van der Waals surface area contributed by atoms with Crippen LogP contribution in [0.1, 0.15) is 20.3 Å². The van der Waals surface area contributed by atoms with Gasteiger partial charge >= 0.3 is 0 Å². The molecule has 0 amide bonds. The Morgan fingerprint density at radius 3 is 2.71 bits per heavy atom. The van der Waals surface area contributed by atoms with Gasteiger partial charge in [-0.15, -0.1) is 0 Å². The number of methoxy groups -OCH3 is 1. The Hall–Kier alpha value is -2.08. The molecule has 0 saturated carbocycles. The summed E-state index contributed by atoms with van der Waals surface area (Å²) in [6, 6.07) is 3.54. The van der Waals surface area contributed by atoms with E-state index in [2.05, 4.69) is 14.9 Å². The van der Waals surface area contributed by atoms with Gasteiger partial charge in [0.1, 0.15) is 12.1 Å². The average Bonchev–Trinajstić information content (AvgIpc) is 2.94. The van der Waals surface area contributed by atoms with E-state index in [1.165, 1.54) is 13.4 Å². The van der Waals surface area contributed by atoms with E-state index in [1.807, 2.05) is 13.8 Å². The molecule has 0 bridgehead atoms. The van der Waals surface area contributed by atoms with Crippen molar-refractivity contribution in [2.45, 2.75) is 26.3 Å². The Kier molecular flexibility index (Phi) is 4.80. The van der Waals surface area contributed by atoms with E-state index in [-0.39, 0.29) is 11.8 Å². The Labute approximate surface area is 124 Å². The first kappa shape index (κ1) is 15.3. The van der Waals surface area contributed by atoms with E-state index in [9.17, 15) is 5.11 Å². The van der Waals surface area contributed by atoms with Crippen LogP contribution in [0.3, 0.4) is 0 Å². The van der Waals surface area contributed by atoms with E-state index in [0.717, 1.165) is 36.2 Å². The molecule has 1 unspecified atom stereocenters. The zero-order valence-corrected chi connectivity index (χ0v) is 12.7. The Morgan fingerprint density at radius 2 is 2.10 bits per heavy atom. The third kappa shape index (κ3) is 3.00. The van der Waals surface area contributed by atoms with Gasteiger partial charge in [0.15, 0.2) is 11.5 Å². The summed E-state index contributed by atoms with van der Waals surface area (Å²) in [4.78, 5) is 10.7. The minimum absolute atomic E-state index is 0.0922. The van der Waals surface area contributed by atoms with Gasteiger partial charge in [-0.05, 0) is 12.5 Å². The van der Waals surface area contributed by atoms with Crippen LogP contribution >= 0.6 is 0 Å². The van der Waals surface area contributed by atoms with Crippen LogP contribution in [0.5, 0.6) is 11.5 Å². The summed E-state index contributed by atoms with van der Waals surface area (Å²) in [6.07, 6.45) is 2.48. The molecule has 6 heteroatoms. The molecule has 2 aromatic rings. The number of fused-ring (bicyclic) bond motifs is 1. The second kappa shape index (κ2) is 6.58. The number of nitrogens with two attached hydrogens (primary N) is 1. The van der Waals surface area contributed by atoms with Crippen molar-refractivity contribution in [3.63, 3.8) is 0 Å². The summed E-state index contributed by atoms with van der Waals surface area (Å²) in [5, 5.41) is 10.7. The third-order valence-electron chi connectivity index (χ3n) is 3.44. The van der Waals surface area contributed by atoms with Crippen LogP contribution < -0.4 is 15.4 Å². The molecule has 21 heavy (non-hydrogen) atoms. The first-order chi connectivity index (χ1) is 10.2. The van der Waals surface area contributed by atoms with Gasteiger partial charge in [-0.3, -0.25) is 0 Å². The molecule has 1 aromatic heterocycles. The molecule has 6 nitrogen and oxygen atoms in total. The molecule has 0 spiro atoms. The summed E-state index contributed by atoms with van der Waals surface area (Å²) in [7, 11) is 1.52. The van der Waals surface area contributed by atoms with Crippen LogP contribution in [0, 0.1) is 0 Å². The first-order valence-corrected chi connectivity index (χ1v) is 7.21. The van der Waals surface area contributed by atoms with Crippen molar-refractivity contribution in [3.05, 3.63) is 18.5 Å². The maximum absolute atomic E-state index is 9.90. The molecule has 1 aliphatic heterocycles. The van der Waals surface area contributed by atoms with Crippen molar-refractivity contribution < 1.29 is 9.84 Å². The van der Waals surface area contributed by atoms with E-state index >= 15 is 0 Å². The van der Waals surface area contributed by atoms with Gasteiger partial charge in [0, 0.05) is 30.6 Å². The first-order valence-electron chi connectivity index (χ1n) is 7.21. The highest BCUT2D eigenvalue weighted by Gasteiger charge is 2.22. The van der Waals surface area contributed by atoms with Crippen LogP contribution in [0.4, 0.5) is 5.82 Å². The van der Waals surface area contributed by atoms with Crippen molar-refractivity contribution in [1.29, 1.82) is 0 Å². The lowest BCUT2D eigenvalue weighted by Gasteiger charge is -2.18. The number of phenols is 1. The minimum Gasteiger partial charge on any atom is -0.504 e. The van der Waals surface area contributed by atoms with Crippen LogP contribution in [0.25, 0.3) is 10.9 Å². The number of benzene rings is 1. The summed E-state index contributed by atoms with van der Waals surface area (Å²) >= 11 is 0. The van der Waals surface area contributed by atoms with Crippen molar-refractivity contribution in [1.82, 2.24) is 9.97 Å². The zero-order valence-electron chi connectivity index (χ0n) is 12.7. The molecule has 2 heterocycles. The van der Waals surface area contributed by atoms with Gasteiger partial charge in [0.2, 0.25) is 0 Å². The van der Waals surface area contributed by atoms with Gasteiger partial charge in [-0.1, -0.05) is 13.8 Å². The van der Waals surface area contributed by atoms with Crippen LogP contribution in [0.2, 0.25) is 0 Å². The number of nitrogens with zero attached hydrogens (tertiary/aromatic N) is 3. The SMILES string of the molecule is CC.COc1cc2ncnc(N3CCC(N)C3)c2cc1O. The normalized spacial score (nSPS) is 17.5. The van der Waals surface area contributed by atoms with Gasteiger partial charge in [-0.2, -0.15) is 0 Å². The highest BCUT2D eigenvalue weighted by atomic mass is 16.5. The fourth-order valence-electron chi connectivity index (χ4n) is 2.45. The topological polar surface area (TPSA) is 84.5 Å². The van der Waals surface area contributed by atoms with Crippen molar-refractivity contribution in [2.75, 3.05) is 25.1 Å². The molecule has 1 saturated heterocycles. The molecular weight excluding hydrogens is 268 g/mol. The van der Waals surface area contributed by atoms with E-state index in [4.69, 9.17) is 10.5 Å². The van der Waals surface area contributed by atoms with Crippen molar-refractivity contribution in [2.24, 2.45) is 5.73 Å². The van der Waals surface area contributed by atoms with Gasteiger partial charge < -0.3 is 20.5 Å². The number of aromatic hydroxyl groups is 1. The number of hydrogen-bond donors (Lipinski definition) is 2. The molecule has 0 aliphatic carbocycles. The van der Waals surface area contributed by atoms with Crippen LogP contribution in [0.15, 0.2) is 18.5 Å². The highest BCUT2D eigenvalue weighted by molar-refractivity contribution is 5.92. The second-order valence-corrected chi connectivity index (χ2v) is 4.73. The Balaban J connectivity index is 0.000000774. The smallest absolute Gasteiger partial charge is 0.162 e. The quantitative estimate of drug-likeness (QED) is 0.879. The maximum atomic E-state index is 9.90. The molecule has 1 aromatic carbocycles. The number of anilines is 1. The molecule has 1 fully saturated rings. The fourth-order valence-corrected chi connectivity index (χ4v) is 2.45. The number of aromatic nitrogens is 2. The molecule has 3 N–H and O–H groups in total. The van der Waals surface area contributed by atoms with E-state index < -0.39 is 0 Å². The number of rotatable bonds is 2. The molecule has 1 aliphatic rings. The number of ether oxygens (including phenoxy) is 1. The van der Waals surface area contributed by atoms with E-state index in [0.29, 0.717) is 5.75 Å². The van der Waals surface area contributed by atoms with Crippen molar-refractivity contribution in [3.8, 4) is 11.5 Å². The molecule has 3 rings (SSSR count). The lowest BCUT2D eigenvalue weighted by atomic mass is 10.2. The summed E-state index contributed by atoms with van der Waals surface area (Å²) in [5.41, 5.74) is 6.68. The minimum atomic E-state index is 0.0922. The monoisotopic (exact) mass is 290 g/mol. The average molecular weight is 290 g/mol. The third-order valence-corrected chi connectivity index (χ3v) is 3.44. The summed E-state index contributed by atoms with van der Waals surface area (Å²) in [5.74, 6) is 1.32. The largest absolute Gasteiger partial charge is 0.504 e. The molecule has 1 atom stereocenters. The molecular formula is C15H22N4O2. The van der Waals surface area contributed by atoms with Crippen LogP contribution in [-0.2, 0) is 0 Å². The number of phenolic OH excluding ortho intramolecular Hbond substituents is 1. The predicted molar refractivity (Wildman–Crippen MR) is 83.9 cm³/mol. The van der Waals surface area contributed by atoms with E-state index in [1.54, 1.807) is 12.1 Å². The fraction of sp³-hybridized carbons (Fsp3) is 0.467. The number of hydrogen-bond acceptors (Lipinski definition) is 6. The summed E-state index contributed by atoms with van der Waals surface area (Å²) in [6.45, 7) is 5.65. The van der Waals surface area contributed by atoms with Gasteiger partial charge in [-0.25, -0.2) is 9.97 Å². The Morgan fingerprint density at radius 1 is 1.33 bits per heavy atom. The van der Waals surface area contributed by atoms with Crippen LogP contribution in [-0.4, -0.2) is 41.3 Å². The molecule has 114 valence electrons. The van der Waals surface area contributed by atoms with Gasteiger partial charge in [0.05, 0.1) is 12.6 Å². The zero-order chi connectivity index (χ0) is 15.4. The van der Waals surface area contributed by atoms with Gasteiger partial charge in [0.25, 0.3) is 0 Å². The second-order valence-electron chi connectivity index (χ2n) is 4.73. The molecule has 0 radical (unpaired) electrons.